The zero-order valence-corrected chi connectivity index (χ0v) is 24.5. The fraction of sp³-hybridized carbons (Fsp3) is 0.481. The number of carbonyl (C=O) groups is 2. The molecule has 0 aliphatic carbocycles. The van der Waals surface area contributed by atoms with E-state index in [9.17, 15) is 18.4 Å². The maximum absolute atomic E-state index is 14.2. The molecule has 10 heteroatoms. The summed E-state index contributed by atoms with van der Waals surface area (Å²) >= 11 is 6.98. The van der Waals surface area contributed by atoms with Gasteiger partial charge in [0.15, 0.2) is 0 Å². The molecule has 0 saturated heterocycles. The van der Waals surface area contributed by atoms with Gasteiger partial charge in [0.05, 0.1) is 43.0 Å². The highest BCUT2D eigenvalue weighted by Crippen LogP contribution is 2.28. The Hall–Kier alpha value is -2.20. The van der Waals surface area contributed by atoms with Crippen molar-refractivity contribution in [2.45, 2.75) is 27.7 Å². The van der Waals surface area contributed by atoms with Crippen LogP contribution in [0, 0.1) is 28.9 Å². The minimum absolute atomic E-state index is 0.118. The van der Waals surface area contributed by atoms with Gasteiger partial charge in [-0.2, -0.15) is 0 Å². The predicted molar refractivity (Wildman–Crippen MR) is 144 cm³/mol. The Morgan fingerprint density at radius 2 is 1.14 bits per heavy atom. The summed E-state index contributed by atoms with van der Waals surface area (Å²) in [6.07, 6.45) is 0. The largest absolute Gasteiger partial charge is 0.493 e. The monoisotopic (exact) mass is 648 g/mol. The van der Waals surface area contributed by atoms with Gasteiger partial charge in [-0.05, 0) is 48.2 Å². The summed E-state index contributed by atoms with van der Waals surface area (Å²) in [6.45, 7) is 8.18. The zero-order valence-electron chi connectivity index (χ0n) is 21.3. The van der Waals surface area contributed by atoms with Crippen LogP contribution >= 0.6 is 31.9 Å². The van der Waals surface area contributed by atoms with Gasteiger partial charge in [0.25, 0.3) is 0 Å². The van der Waals surface area contributed by atoms with Crippen molar-refractivity contribution < 1.29 is 37.3 Å². The lowest BCUT2D eigenvalue weighted by molar-refractivity contribution is 0.0444. The molecule has 0 heterocycles. The highest BCUT2D eigenvalue weighted by Gasteiger charge is 2.31. The van der Waals surface area contributed by atoms with Crippen LogP contribution in [0.4, 0.5) is 8.78 Å². The molecule has 0 amide bonds. The SMILES string of the molecule is CC(C)COC(=O)c1cc(OCC(CBr)(CBr)COc2ccc(F)c(C(=O)OCC(C)C)c2)ccc1F. The van der Waals surface area contributed by atoms with E-state index in [4.69, 9.17) is 18.9 Å². The molecule has 37 heavy (non-hydrogen) atoms. The molecule has 2 aromatic rings. The predicted octanol–water partition coefficient (Wildman–Crippen LogP) is 6.82. The van der Waals surface area contributed by atoms with Crippen molar-refractivity contribution in [3.05, 3.63) is 59.2 Å². The maximum atomic E-state index is 14.2. The van der Waals surface area contributed by atoms with Crippen molar-refractivity contribution >= 4 is 43.8 Å². The average Bonchev–Trinajstić information content (AvgIpc) is 2.87. The standard InChI is InChI=1S/C27H32Br2F2O6/c1-17(2)11-34-25(32)21-9-19(5-7-23(21)30)36-15-27(13-28,14-29)16-37-20-6-8-24(31)22(10-20)26(33)35-12-18(3)4/h5-10,17-18H,11-16H2,1-4H3. The smallest absolute Gasteiger partial charge is 0.341 e. The zero-order chi connectivity index (χ0) is 27.6. The third kappa shape index (κ3) is 9.56. The van der Waals surface area contributed by atoms with Gasteiger partial charge in [-0.1, -0.05) is 59.6 Å². The number of alkyl halides is 2. The van der Waals surface area contributed by atoms with Gasteiger partial charge >= 0.3 is 11.9 Å². The van der Waals surface area contributed by atoms with Crippen molar-refractivity contribution in [1.82, 2.24) is 0 Å². The first-order chi connectivity index (χ1) is 17.5. The summed E-state index contributed by atoms with van der Waals surface area (Å²) in [5, 5.41) is 0.917. The third-order valence-electron chi connectivity index (χ3n) is 5.07. The van der Waals surface area contributed by atoms with E-state index in [2.05, 4.69) is 31.9 Å². The van der Waals surface area contributed by atoms with Gasteiger partial charge in [-0.3, -0.25) is 0 Å². The molecule has 0 radical (unpaired) electrons. The summed E-state index contributed by atoms with van der Waals surface area (Å²) < 4.78 is 50.5. The molecule has 0 saturated carbocycles. The van der Waals surface area contributed by atoms with Crippen LogP contribution in [0.25, 0.3) is 0 Å². The summed E-state index contributed by atoms with van der Waals surface area (Å²) in [6, 6.07) is 7.78. The fourth-order valence-corrected chi connectivity index (χ4v) is 4.42. The normalized spacial score (nSPS) is 11.5. The Kier molecular flexibility index (Phi) is 12.3. The third-order valence-corrected chi connectivity index (χ3v) is 7.45. The second-order valence-electron chi connectivity index (χ2n) is 9.61. The van der Waals surface area contributed by atoms with Crippen LogP contribution in [0.3, 0.4) is 0 Å². The Labute approximate surface area is 233 Å². The van der Waals surface area contributed by atoms with E-state index in [1.165, 1.54) is 24.3 Å². The first-order valence-electron chi connectivity index (χ1n) is 11.8. The number of ether oxygens (including phenoxy) is 4. The Bertz CT molecular complexity index is 978. The van der Waals surface area contributed by atoms with Crippen LogP contribution in [-0.4, -0.2) is 49.0 Å². The molecule has 2 aromatic carbocycles. The van der Waals surface area contributed by atoms with Crippen LogP contribution in [0.2, 0.25) is 0 Å². The summed E-state index contributed by atoms with van der Waals surface area (Å²) in [5.41, 5.74) is -1.01. The molecule has 0 N–H and O–H groups in total. The molecule has 0 aromatic heterocycles. The molecule has 0 fully saturated rings. The number of rotatable bonds is 14. The van der Waals surface area contributed by atoms with Crippen LogP contribution < -0.4 is 9.47 Å². The van der Waals surface area contributed by atoms with E-state index < -0.39 is 29.0 Å². The number of halogens is 4. The van der Waals surface area contributed by atoms with E-state index in [1.54, 1.807) is 0 Å². The van der Waals surface area contributed by atoms with Gasteiger partial charge in [0.1, 0.15) is 23.1 Å². The maximum Gasteiger partial charge on any atom is 0.341 e. The van der Waals surface area contributed by atoms with Crippen LogP contribution in [0.15, 0.2) is 36.4 Å². The summed E-state index contributed by atoms with van der Waals surface area (Å²) in [7, 11) is 0. The molecular formula is C27H32Br2F2O6. The van der Waals surface area contributed by atoms with E-state index in [-0.39, 0.29) is 49.4 Å². The molecule has 2 rings (SSSR count). The van der Waals surface area contributed by atoms with E-state index in [1.807, 2.05) is 27.7 Å². The van der Waals surface area contributed by atoms with Crippen molar-refractivity contribution in [2.24, 2.45) is 17.3 Å². The molecule has 6 nitrogen and oxygen atoms in total. The Balaban J connectivity index is 2.09. The van der Waals surface area contributed by atoms with E-state index >= 15 is 0 Å². The number of hydrogen-bond acceptors (Lipinski definition) is 6. The number of hydrogen-bond donors (Lipinski definition) is 0. The highest BCUT2D eigenvalue weighted by atomic mass is 79.9. The second kappa shape index (κ2) is 14.7. The van der Waals surface area contributed by atoms with Crippen molar-refractivity contribution in [3.8, 4) is 11.5 Å². The molecule has 0 aliphatic heterocycles. The van der Waals surface area contributed by atoms with Crippen molar-refractivity contribution in [3.63, 3.8) is 0 Å². The Morgan fingerprint density at radius 1 is 0.757 bits per heavy atom. The van der Waals surface area contributed by atoms with Gasteiger partial charge in [0, 0.05) is 10.7 Å². The van der Waals surface area contributed by atoms with Crippen molar-refractivity contribution in [1.29, 1.82) is 0 Å². The lowest BCUT2D eigenvalue weighted by atomic mass is 9.96. The molecule has 0 atom stereocenters. The van der Waals surface area contributed by atoms with Crippen molar-refractivity contribution in [2.75, 3.05) is 37.1 Å². The van der Waals surface area contributed by atoms with E-state index in [0.29, 0.717) is 22.2 Å². The minimum Gasteiger partial charge on any atom is -0.493 e. The van der Waals surface area contributed by atoms with Crippen LogP contribution in [-0.2, 0) is 9.47 Å². The van der Waals surface area contributed by atoms with Gasteiger partial charge in [-0.25, -0.2) is 18.4 Å². The average molecular weight is 650 g/mol. The molecule has 0 bridgehead atoms. The summed E-state index contributed by atoms with van der Waals surface area (Å²) in [4.78, 5) is 24.5. The number of carbonyl (C=O) groups excluding carboxylic acids is 2. The van der Waals surface area contributed by atoms with Gasteiger partial charge in [0.2, 0.25) is 0 Å². The molecule has 0 aliphatic rings. The second-order valence-corrected chi connectivity index (χ2v) is 10.7. The minimum atomic E-state index is -0.758. The van der Waals surface area contributed by atoms with Crippen LogP contribution in [0.5, 0.6) is 11.5 Å². The molecular weight excluding hydrogens is 618 g/mol. The summed E-state index contributed by atoms with van der Waals surface area (Å²) in [5.74, 6) is -2.09. The topological polar surface area (TPSA) is 71.1 Å². The lowest BCUT2D eigenvalue weighted by Crippen LogP contribution is -2.38. The number of benzene rings is 2. The van der Waals surface area contributed by atoms with Crippen LogP contribution in [0.1, 0.15) is 48.4 Å². The highest BCUT2D eigenvalue weighted by molar-refractivity contribution is 9.09. The fourth-order valence-electron chi connectivity index (χ4n) is 2.85. The Morgan fingerprint density at radius 3 is 1.46 bits per heavy atom. The number of esters is 2. The first kappa shape index (κ1) is 31.0. The van der Waals surface area contributed by atoms with E-state index in [0.717, 1.165) is 12.1 Å². The molecule has 0 unspecified atom stereocenters. The first-order valence-corrected chi connectivity index (χ1v) is 14.1. The van der Waals surface area contributed by atoms with Gasteiger partial charge in [-0.15, -0.1) is 0 Å². The lowest BCUT2D eigenvalue weighted by Gasteiger charge is -2.30. The molecule has 0 spiro atoms. The van der Waals surface area contributed by atoms with Gasteiger partial charge < -0.3 is 18.9 Å². The molecule has 204 valence electrons. The quantitative estimate of drug-likeness (QED) is 0.165.